The predicted molar refractivity (Wildman–Crippen MR) is 113 cm³/mol. The van der Waals surface area contributed by atoms with Crippen LogP contribution >= 0.6 is 34.7 Å². The number of hydrogen-bond donors (Lipinski definition) is 0. The van der Waals surface area contributed by atoms with E-state index in [-0.39, 0.29) is 23.6 Å². The minimum absolute atomic E-state index is 0.0529. The van der Waals surface area contributed by atoms with Gasteiger partial charge in [0.1, 0.15) is 10.6 Å². The van der Waals surface area contributed by atoms with Gasteiger partial charge in [-0.1, -0.05) is 23.4 Å². The molecular weight excluding hydrogens is 416 g/mol. The second kappa shape index (κ2) is 7.95. The maximum atomic E-state index is 13.0. The second-order valence-corrected chi connectivity index (χ2v) is 8.77. The molecule has 142 valence electrons. The van der Waals surface area contributed by atoms with E-state index in [9.17, 15) is 9.59 Å². The molecule has 3 aromatic heterocycles. The first-order valence-electron chi connectivity index (χ1n) is 8.46. The number of benzene rings is 1. The number of fused-ring (bicyclic) bond motifs is 1. The molecule has 4 aromatic rings. The first kappa shape index (κ1) is 19.0. The van der Waals surface area contributed by atoms with Crippen molar-refractivity contribution in [1.82, 2.24) is 9.55 Å². The Hall–Kier alpha value is -2.35. The van der Waals surface area contributed by atoms with Gasteiger partial charge in [0.15, 0.2) is 10.9 Å². The van der Waals surface area contributed by atoms with Gasteiger partial charge in [0.25, 0.3) is 5.56 Å². The molecule has 0 aliphatic rings. The van der Waals surface area contributed by atoms with E-state index in [4.69, 9.17) is 16.0 Å². The summed E-state index contributed by atoms with van der Waals surface area (Å²) in [5, 5.41) is 1.66. The fourth-order valence-electron chi connectivity index (χ4n) is 2.77. The Morgan fingerprint density at radius 1 is 1.29 bits per heavy atom. The average molecular weight is 431 g/mol. The highest BCUT2D eigenvalue weighted by molar-refractivity contribution is 7.99. The van der Waals surface area contributed by atoms with Crippen molar-refractivity contribution in [2.45, 2.75) is 18.6 Å². The molecule has 0 aliphatic carbocycles. The second-order valence-electron chi connectivity index (χ2n) is 6.16. The molecule has 1 aromatic carbocycles. The third kappa shape index (κ3) is 3.92. The lowest BCUT2D eigenvalue weighted by atomic mass is 10.1. The zero-order valence-electron chi connectivity index (χ0n) is 14.8. The number of aryl methyl sites for hydroxylation is 1. The van der Waals surface area contributed by atoms with Crippen LogP contribution < -0.4 is 5.56 Å². The lowest BCUT2D eigenvalue weighted by Crippen LogP contribution is -2.23. The Labute approximate surface area is 174 Å². The minimum atomic E-state index is -0.132. The number of furan rings is 1. The van der Waals surface area contributed by atoms with E-state index in [2.05, 4.69) is 4.98 Å². The summed E-state index contributed by atoms with van der Waals surface area (Å²) < 4.78 is 6.96. The maximum absolute atomic E-state index is 13.0. The number of carbonyl (C=O) groups is 1. The van der Waals surface area contributed by atoms with Crippen LogP contribution in [0.25, 0.3) is 10.2 Å². The van der Waals surface area contributed by atoms with Crippen molar-refractivity contribution in [2.75, 3.05) is 5.75 Å². The van der Waals surface area contributed by atoms with Crippen molar-refractivity contribution in [3.63, 3.8) is 0 Å². The number of thioether (sulfide) groups is 1. The van der Waals surface area contributed by atoms with Crippen LogP contribution in [-0.2, 0) is 6.54 Å². The molecule has 0 N–H and O–H groups in total. The summed E-state index contributed by atoms with van der Waals surface area (Å²) in [5.74, 6) is 0.770. The number of ketones is 1. The predicted octanol–water partition coefficient (Wildman–Crippen LogP) is 5.04. The SMILES string of the molecule is Cc1cc2c(=O)n(Cc3ccco3)c(SCC(=O)c3ccc(Cl)cc3)nc2s1. The summed E-state index contributed by atoms with van der Waals surface area (Å²) in [6, 6.07) is 12.2. The Morgan fingerprint density at radius 3 is 2.79 bits per heavy atom. The molecule has 0 radical (unpaired) electrons. The first-order chi connectivity index (χ1) is 13.5. The van der Waals surface area contributed by atoms with Gasteiger partial charge in [-0.05, 0) is 49.4 Å². The third-order valence-electron chi connectivity index (χ3n) is 4.13. The highest BCUT2D eigenvalue weighted by atomic mass is 35.5. The molecule has 0 saturated heterocycles. The first-order valence-corrected chi connectivity index (χ1v) is 10.6. The van der Waals surface area contributed by atoms with Crippen LogP contribution in [0.1, 0.15) is 21.0 Å². The molecule has 4 rings (SSSR count). The fraction of sp³-hybridized carbons (Fsp3) is 0.150. The number of aromatic nitrogens is 2. The molecule has 28 heavy (non-hydrogen) atoms. The summed E-state index contributed by atoms with van der Waals surface area (Å²) in [6.45, 7) is 2.21. The Morgan fingerprint density at radius 2 is 2.07 bits per heavy atom. The molecular formula is C20H15ClN2O3S2. The smallest absolute Gasteiger partial charge is 0.263 e. The minimum Gasteiger partial charge on any atom is -0.467 e. The van der Waals surface area contributed by atoms with E-state index in [0.717, 1.165) is 4.88 Å². The molecule has 8 heteroatoms. The van der Waals surface area contributed by atoms with E-state index in [0.29, 0.717) is 31.7 Å². The van der Waals surface area contributed by atoms with Gasteiger partial charge in [-0.15, -0.1) is 11.3 Å². The standard InChI is InChI=1S/C20H15ClN2O3S2/c1-12-9-16-18(28-12)22-20(23(19(16)25)10-15-3-2-8-26-15)27-11-17(24)13-4-6-14(21)7-5-13/h2-9H,10-11H2,1H3. The number of rotatable bonds is 6. The van der Waals surface area contributed by atoms with Crippen LogP contribution in [0.4, 0.5) is 0 Å². The summed E-state index contributed by atoms with van der Waals surface area (Å²) in [7, 11) is 0. The number of halogens is 1. The van der Waals surface area contributed by atoms with Crippen molar-refractivity contribution in [1.29, 1.82) is 0 Å². The van der Waals surface area contributed by atoms with E-state index >= 15 is 0 Å². The Kier molecular flexibility index (Phi) is 5.39. The highest BCUT2D eigenvalue weighted by Crippen LogP contribution is 2.25. The number of thiophene rings is 1. The van der Waals surface area contributed by atoms with E-state index in [1.54, 1.807) is 41.2 Å². The summed E-state index contributed by atoms with van der Waals surface area (Å²) >= 11 is 8.60. The summed E-state index contributed by atoms with van der Waals surface area (Å²) in [5.41, 5.74) is 0.442. The van der Waals surface area contributed by atoms with Gasteiger partial charge in [0.05, 0.1) is 23.9 Å². The molecule has 0 fully saturated rings. The van der Waals surface area contributed by atoms with E-state index in [1.807, 2.05) is 19.1 Å². The normalized spacial score (nSPS) is 11.2. The topological polar surface area (TPSA) is 65.1 Å². The molecule has 0 amide bonds. The van der Waals surface area contributed by atoms with Crippen LogP contribution in [-0.4, -0.2) is 21.1 Å². The van der Waals surface area contributed by atoms with Crippen LogP contribution in [0.15, 0.2) is 63.1 Å². The van der Waals surface area contributed by atoms with Crippen molar-refractivity contribution in [2.24, 2.45) is 0 Å². The largest absolute Gasteiger partial charge is 0.467 e. The van der Waals surface area contributed by atoms with Crippen molar-refractivity contribution >= 4 is 50.7 Å². The zero-order chi connectivity index (χ0) is 19.7. The molecule has 5 nitrogen and oxygen atoms in total. The quantitative estimate of drug-likeness (QED) is 0.243. The van der Waals surface area contributed by atoms with Crippen molar-refractivity contribution in [3.05, 3.63) is 80.3 Å². The monoisotopic (exact) mass is 430 g/mol. The molecule has 0 atom stereocenters. The molecule has 0 unspecified atom stereocenters. The molecule has 3 heterocycles. The zero-order valence-corrected chi connectivity index (χ0v) is 17.2. The van der Waals surface area contributed by atoms with Gasteiger partial charge in [0.2, 0.25) is 0 Å². The lowest BCUT2D eigenvalue weighted by molar-refractivity contribution is 0.102. The van der Waals surface area contributed by atoms with Crippen molar-refractivity contribution < 1.29 is 9.21 Å². The Bertz CT molecular complexity index is 1190. The van der Waals surface area contributed by atoms with Crippen molar-refractivity contribution in [3.8, 4) is 0 Å². The van der Waals surface area contributed by atoms with Gasteiger partial charge in [0, 0.05) is 15.5 Å². The van der Waals surface area contributed by atoms with Crippen LogP contribution in [0.5, 0.6) is 0 Å². The molecule has 0 bridgehead atoms. The third-order valence-corrected chi connectivity index (χ3v) is 6.30. The van der Waals surface area contributed by atoms with Gasteiger partial charge >= 0.3 is 0 Å². The number of carbonyl (C=O) groups excluding carboxylic acids is 1. The lowest BCUT2D eigenvalue weighted by Gasteiger charge is -2.10. The number of hydrogen-bond acceptors (Lipinski definition) is 6. The number of Topliss-reactive ketones (excluding diaryl/α,β-unsaturated/α-hetero) is 1. The Balaban J connectivity index is 1.67. The van der Waals surface area contributed by atoms with Gasteiger partial charge in [-0.3, -0.25) is 14.2 Å². The van der Waals surface area contributed by atoms with Gasteiger partial charge in [-0.2, -0.15) is 0 Å². The average Bonchev–Trinajstić information content (AvgIpc) is 3.32. The molecule has 0 aliphatic heterocycles. The number of nitrogens with zero attached hydrogens (tertiary/aromatic N) is 2. The summed E-state index contributed by atoms with van der Waals surface area (Å²) in [6.07, 6.45) is 1.57. The van der Waals surface area contributed by atoms with Crippen LogP contribution in [0.3, 0.4) is 0 Å². The van der Waals surface area contributed by atoms with Crippen LogP contribution in [0, 0.1) is 6.92 Å². The molecule has 0 saturated carbocycles. The molecule has 0 spiro atoms. The van der Waals surface area contributed by atoms with E-state index < -0.39 is 0 Å². The maximum Gasteiger partial charge on any atom is 0.263 e. The van der Waals surface area contributed by atoms with E-state index in [1.165, 1.54) is 23.1 Å². The van der Waals surface area contributed by atoms with Crippen LogP contribution in [0.2, 0.25) is 5.02 Å². The highest BCUT2D eigenvalue weighted by Gasteiger charge is 2.16. The van der Waals surface area contributed by atoms with Gasteiger partial charge in [-0.25, -0.2) is 4.98 Å². The van der Waals surface area contributed by atoms with Gasteiger partial charge < -0.3 is 4.42 Å². The fourth-order valence-corrected chi connectivity index (χ4v) is 4.71. The summed E-state index contributed by atoms with van der Waals surface area (Å²) in [4.78, 5) is 31.9.